The number of rotatable bonds is 5. The topological polar surface area (TPSA) is 47.7 Å². The van der Waals surface area contributed by atoms with Gasteiger partial charge in [-0.15, -0.1) is 0 Å². The molecular formula is C16H23BrN2O2. The maximum absolute atomic E-state index is 6.26. The zero-order valence-electron chi connectivity index (χ0n) is 12.9. The summed E-state index contributed by atoms with van der Waals surface area (Å²) in [7, 11) is 3.79. The molecule has 116 valence electrons. The van der Waals surface area contributed by atoms with Gasteiger partial charge in [0, 0.05) is 34.6 Å². The zero-order chi connectivity index (χ0) is 15.2. The molecule has 2 N–H and O–H groups in total. The highest BCUT2D eigenvalue weighted by Gasteiger charge is 2.50. The van der Waals surface area contributed by atoms with Gasteiger partial charge in [0.15, 0.2) is 11.5 Å². The van der Waals surface area contributed by atoms with E-state index in [1.54, 1.807) is 7.11 Å². The largest absolute Gasteiger partial charge is 0.493 e. The van der Waals surface area contributed by atoms with Crippen molar-refractivity contribution >= 4 is 15.9 Å². The smallest absolute Gasteiger partial charge is 0.165 e. The minimum atomic E-state index is 0.0437. The molecule has 1 aromatic rings. The Morgan fingerprint density at radius 3 is 2.52 bits per heavy atom. The molecule has 0 bridgehead atoms. The van der Waals surface area contributed by atoms with Gasteiger partial charge in [-0.2, -0.15) is 0 Å². The predicted molar refractivity (Wildman–Crippen MR) is 87.2 cm³/mol. The minimum Gasteiger partial charge on any atom is -0.493 e. The monoisotopic (exact) mass is 354 g/mol. The summed E-state index contributed by atoms with van der Waals surface area (Å²) in [4.78, 5) is 2.24. The maximum Gasteiger partial charge on any atom is 0.165 e. The van der Waals surface area contributed by atoms with E-state index in [9.17, 15) is 0 Å². The Hall–Kier alpha value is -0.780. The molecule has 0 aromatic heterocycles. The lowest BCUT2D eigenvalue weighted by molar-refractivity contribution is 0.0357. The Morgan fingerprint density at radius 2 is 2.05 bits per heavy atom. The van der Waals surface area contributed by atoms with E-state index < -0.39 is 0 Å². The lowest BCUT2D eigenvalue weighted by Gasteiger charge is -2.37. The summed E-state index contributed by atoms with van der Waals surface area (Å²) in [6.45, 7) is 4.01. The van der Waals surface area contributed by atoms with Crippen LogP contribution in [0.25, 0.3) is 0 Å². The molecule has 1 aromatic carbocycles. The van der Waals surface area contributed by atoms with Crippen LogP contribution in [0.2, 0.25) is 0 Å². The number of likely N-dealkylation sites (tertiary alicyclic amines) is 1. The summed E-state index contributed by atoms with van der Waals surface area (Å²) in [5.74, 6) is 1.68. The molecule has 1 unspecified atom stereocenters. The number of likely N-dealkylation sites (N-methyl/N-ethyl adjacent to an activating group) is 1. The van der Waals surface area contributed by atoms with Crippen molar-refractivity contribution in [2.24, 2.45) is 5.73 Å². The van der Waals surface area contributed by atoms with Gasteiger partial charge in [0.2, 0.25) is 0 Å². The third-order valence-corrected chi connectivity index (χ3v) is 5.21. The zero-order valence-corrected chi connectivity index (χ0v) is 14.4. The molecule has 1 atom stereocenters. The Morgan fingerprint density at radius 1 is 1.38 bits per heavy atom. The number of hydrogen-bond acceptors (Lipinski definition) is 4. The first-order valence-electron chi connectivity index (χ1n) is 7.45. The summed E-state index contributed by atoms with van der Waals surface area (Å²) < 4.78 is 12.8. The summed E-state index contributed by atoms with van der Waals surface area (Å²) in [6.07, 6.45) is 2.48. The van der Waals surface area contributed by atoms with Crippen LogP contribution >= 0.6 is 15.9 Å². The van der Waals surface area contributed by atoms with E-state index in [1.807, 2.05) is 6.07 Å². The van der Waals surface area contributed by atoms with Gasteiger partial charge in [-0.1, -0.05) is 15.9 Å². The van der Waals surface area contributed by atoms with Crippen LogP contribution < -0.4 is 15.2 Å². The van der Waals surface area contributed by atoms with Crippen molar-refractivity contribution in [1.29, 1.82) is 0 Å². The standard InChI is InChI=1S/C16H23BrN2O2/c1-10(18)16(4-5-16)13-6-11(17)7-14(20-3)15(13)21-12-8-19(2)9-12/h6-7,10,12H,4-5,8-9,18H2,1-3H3. The minimum absolute atomic E-state index is 0.0437. The fraction of sp³-hybridized carbons (Fsp3) is 0.625. The fourth-order valence-corrected chi connectivity index (χ4v) is 3.64. The van der Waals surface area contributed by atoms with Crippen LogP contribution in [0.3, 0.4) is 0 Å². The summed E-state index contributed by atoms with van der Waals surface area (Å²) >= 11 is 3.58. The quantitative estimate of drug-likeness (QED) is 0.882. The van der Waals surface area contributed by atoms with Crippen LogP contribution in [0.4, 0.5) is 0 Å². The first-order chi connectivity index (χ1) is 9.96. The van der Waals surface area contributed by atoms with Crippen LogP contribution in [0, 0.1) is 0 Å². The molecule has 1 saturated carbocycles. The van der Waals surface area contributed by atoms with Crippen molar-refractivity contribution in [1.82, 2.24) is 4.90 Å². The Bertz CT molecular complexity index is 537. The highest BCUT2D eigenvalue weighted by atomic mass is 79.9. The second-order valence-electron chi connectivity index (χ2n) is 6.39. The van der Waals surface area contributed by atoms with Gasteiger partial charge in [0.1, 0.15) is 6.10 Å². The first-order valence-corrected chi connectivity index (χ1v) is 8.24. The van der Waals surface area contributed by atoms with Gasteiger partial charge in [0.25, 0.3) is 0 Å². The van der Waals surface area contributed by atoms with Crippen molar-refractivity contribution in [3.8, 4) is 11.5 Å². The molecule has 2 aliphatic rings. The molecule has 0 amide bonds. The molecule has 1 saturated heterocycles. The normalized spacial score (nSPS) is 22.5. The molecule has 0 spiro atoms. The van der Waals surface area contributed by atoms with Gasteiger partial charge in [-0.05, 0) is 38.9 Å². The van der Waals surface area contributed by atoms with Crippen LogP contribution in [0.15, 0.2) is 16.6 Å². The molecule has 21 heavy (non-hydrogen) atoms. The van der Waals surface area contributed by atoms with Crippen molar-refractivity contribution in [2.45, 2.75) is 37.3 Å². The molecule has 3 rings (SSSR count). The number of halogens is 1. The summed E-state index contributed by atoms with van der Waals surface area (Å²) in [5, 5.41) is 0. The molecule has 1 aliphatic carbocycles. The van der Waals surface area contributed by atoms with Gasteiger partial charge in [-0.25, -0.2) is 0 Å². The molecule has 2 fully saturated rings. The van der Waals surface area contributed by atoms with E-state index in [2.05, 4.69) is 40.9 Å². The molecule has 1 heterocycles. The Labute approximate surface area is 134 Å². The molecule has 0 radical (unpaired) electrons. The number of nitrogens with two attached hydrogens (primary N) is 1. The lowest BCUT2D eigenvalue weighted by Crippen LogP contribution is -2.51. The number of nitrogens with zero attached hydrogens (tertiary/aromatic N) is 1. The second-order valence-corrected chi connectivity index (χ2v) is 7.31. The third kappa shape index (κ3) is 2.67. The van der Waals surface area contributed by atoms with Crippen molar-refractivity contribution in [2.75, 3.05) is 27.2 Å². The highest BCUT2D eigenvalue weighted by Crippen LogP contribution is 2.56. The number of ether oxygens (including phenoxy) is 2. The fourth-order valence-electron chi connectivity index (χ4n) is 3.20. The lowest BCUT2D eigenvalue weighted by atomic mass is 9.88. The van der Waals surface area contributed by atoms with Gasteiger partial charge in [0.05, 0.1) is 7.11 Å². The van der Waals surface area contributed by atoms with E-state index >= 15 is 0 Å². The highest BCUT2D eigenvalue weighted by molar-refractivity contribution is 9.10. The van der Waals surface area contributed by atoms with Gasteiger partial charge in [-0.3, -0.25) is 4.90 Å². The SMILES string of the molecule is COc1cc(Br)cc(C2(C(C)N)CC2)c1OC1CN(C)C1. The van der Waals surface area contributed by atoms with Gasteiger partial charge >= 0.3 is 0 Å². The number of benzene rings is 1. The van der Waals surface area contributed by atoms with Crippen molar-refractivity contribution in [3.05, 3.63) is 22.2 Å². The summed E-state index contributed by atoms with van der Waals surface area (Å²) in [6, 6.07) is 4.23. The van der Waals surface area contributed by atoms with Crippen molar-refractivity contribution in [3.63, 3.8) is 0 Å². The molecular weight excluding hydrogens is 332 g/mol. The van der Waals surface area contributed by atoms with Crippen LogP contribution in [0.5, 0.6) is 11.5 Å². The third-order valence-electron chi connectivity index (χ3n) is 4.75. The van der Waals surface area contributed by atoms with Crippen LogP contribution in [-0.2, 0) is 5.41 Å². The number of methoxy groups -OCH3 is 1. The van der Waals surface area contributed by atoms with E-state index in [0.717, 1.165) is 41.9 Å². The van der Waals surface area contributed by atoms with E-state index in [0.29, 0.717) is 0 Å². The average molecular weight is 355 g/mol. The Kier molecular flexibility index (Phi) is 3.93. The van der Waals surface area contributed by atoms with Crippen LogP contribution in [-0.4, -0.2) is 44.3 Å². The molecule has 1 aliphatic heterocycles. The van der Waals surface area contributed by atoms with Gasteiger partial charge < -0.3 is 15.2 Å². The molecule has 5 heteroatoms. The maximum atomic E-state index is 6.26. The molecule has 4 nitrogen and oxygen atoms in total. The van der Waals surface area contributed by atoms with Crippen molar-refractivity contribution < 1.29 is 9.47 Å². The first kappa shape index (κ1) is 15.1. The number of hydrogen-bond donors (Lipinski definition) is 1. The summed E-state index contributed by atoms with van der Waals surface area (Å²) in [5.41, 5.74) is 7.49. The second kappa shape index (κ2) is 5.45. The van der Waals surface area contributed by atoms with E-state index in [4.69, 9.17) is 15.2 Å². The van der Waals surface area contributed by atoms with Crippen LogP contribution in [0.1, 0.15) is 25.3 Å². The Balaban J connectivity index is 1.99. The average Bonchev–Trinajstić information content (AvgIpc) is 3.19. The van der Waals surface area contributed by atoms with E-state index in [1.165, 1.54) is 5.56 Å². The van der Waals surface area contributed by atoms with E-state index in [-0.39, 0.29) is 17.6 Å². The predicted octanol–water partition coefficient (Wildman–Crippen LogP) is 2.53.